The highest BCUT2D eigenvalue weighted by molar-refractivity contribution is 7.80. The summed E-state index contributed by atoms with van der Waals surface area (Å²) in [5.41, 5.74) is 1.96. The zero-order chi connectivity index (χ0) is 19.9. The highest BCUT2D eigenvalue weighted by Gasteiger charge is 2.24. The second-order valence-electron chi connectivity index (χ2n) is 6.79. The summed E-state index contributed by atoms with van der Waals surface area (Å²) in [6.07, 6.45) is 2.17. The molecule has 0 aliphatic carbocycles. The highest BCUT2D eigenvalue weighted by atomic mass is 31.1. The zero-order valence-electron chi connectivity index (χ0n) is 16.8. The van der Waals surface area contributed by atoms with Crippen molar-refractivity contribution in [3.8, 4) is 0 Å². The molecular weight excluding hydrogens is 363 g/mol. The van der Waals surface area contributed by atoms with E-state index in [4.69, 9.17) is 4.74 Å². The van der Waals surface area contributed by atoms with Gasteiger partial charge in [-0.2, -0.15) is 0 Å². The highest BCUT2D eigenvalue weighted by Crippen LogP contribution is 2.36. The van der Waals surface area contributed by atoms with Crippen molar-refractivity contribution in [1.29, 1.82) is 0 Å². The predicted octanol–water partition coefficient (Wildman–Crippen LogP) is 5.14. The summed E-state index contributed by atoms with van der Waals surface area (Å²) in [7, 11) is 0.596. The molecular formula is C25H27O2P. The van der Waals surface area contributed by atoms with Crippen LogP contribution in [-0.4, -0.2) is 13.1 Å². The normalized spacial score (nSPS) is 11.0. The Hall–Kier alpha value is -2.44. The van der Waals surface area contributed by atoms with Gasteiger partial charge in [0.15, 0.2) is 0 Å². The molecule has 0 fully saturated rings. The van der Waals surface area contributed by atoms with Crippen LogP contribution in [0.5, 0.6) is 0 Å². The Balaban J connectivity index is 2.25. The molecule has 0 heterocycles. The quantitative estimate of drug-likeness (QED) is 0.413. The van der Waals surface area contributed by atoms with Crippen molar-refractivity contribution in [2.75, 3.05) is 7.11 Å². The van der Waals surface area contributed by atoms with Gasteiger partial charge >= 0.3 is 5.97 Å². The molecule has 0 amide bonds. The Morgan fingerprint density at radius 2 is 1.39 bits per heavy atom. The topological polar surface area (TPSA) is 26.3 Å². The van der Waals surface area contributed by atoms with Crippen molar-refractivity contribution < 1.29 is 9.53 Å². The number of carbonyl (C=O) groups excluding carboxylic acids is 1. The standard InChI is InChI=1S/C25H27O2P/c1-4-19(5-2)20-16-17-23(25(26)27-3)24(18-20)28(21-12-8-6-9-13-21)22-14-10-7-11-15-22/h6-19H,4-5H2,1-3H3. The van der Waals surface area contributed by atoms with E-state index in [1.54, 1.807) is 0 Å². The molecule has 0 radical (unpaired) electrons. The molecule has 0 saturated heterocycles. The van der Waals surface area contributed by atoms with Crippen molar-refractivity contribution in [1.82, 2.24) is 0 Å². The van der Waals surface area contributed by atoms with E-state index in [1.165, 1.54) is 23.3 Å². The minimum Gasteiger partial charge on any atom is -0.465 e. The van der Waals surface area contributed by atoms with E-state index in [0.29, 0.717) is 11.5 Å². The van der Waals surface area contributed by atoms with Crippen LogP contribution in [0.2, 0.25) is 0 Å². The largest absolute Gasteiger partial charge is 0.465 e. The molecule has 144 valence electrons. The number of hydrogen-bond donors (Lipinski definition) is 0. The Bertz CT molecular complexity index is 863. The van der Waals surface area contributed by atoms with Gasteiger partial charge in [-0.1, -0.05) is 80.6 Å². The first-order valence-electron chi connectivity index (χ1n) is 9.82. The molecule has 3 rings (SSSR count). The Kier molecular flexibility index (Phi) is 7.01. The lowest BCUT2D eigenvalue weighted by molar-refractivity contribution is 0.0602. The summed E-state index contributed by atoms with van der Waals surface area (Å²) in [5, 5.41) is 3.54. The minimum absolute atomic E-state index is 0.273. The van der Waals surface area contributed by atoms with Crippen molar-refractivity contribution in [2.45, 2.75) is 32.6 Å². The van der Waals surface area contributed by atoms with E-state index in [1.807, 2.05) is 18.2 Å². The summed E-state index contributed by atoms with van der Waals surface area (Å²) < 4.78 is 5.12. The maximum absolute atomic E-state index is 12.6. The number of carbonyl (C=O) groups is 1. The van der Waals surface area contributed by atoms with Gasteiger partial charge in [0.05, 0.1) is 12.7 Å². The predicted molar refractivity (Wildman–Crippen MR) is 120 cm³/mol. The second-order valence-corrected chi connectivity index (χ2v) is 8.97. The first kappa shape index (κ1) is 20.3. The lowest BCUT2D eigenvalue weighted by Crippen LogP contribution is -2.26. The van der Waals surface area contributed by atoms with E-state index in [9.17, 15) is 4.79 Å². The number of methoxy groups -OCH3 is 1. The molecule has 2 nitrogen and oxygen atoms in total. The first-order chi connectivity index (χ1) is 13.7. The molecule has 0 aliphatic heterocycles. The van der Waals surface area contributed by atoms with Crippen LogP contribution < -0.4 is 15.9 Å². The van der Waals surface area contributed by atoms with Crippen LogP contribution in [0.25, 0.3) is 0 Å². The van der Waals surface area contributed by atoms with Crippen LogP contribution in [0.15, 0.2) is 78.9 Å². The molecule has 0 spiro atoms. The molecule has 0 unspecified atom stereocenters. The molecule has 3 heteroatoms. The van der Waals surface area contributed by atoms with Crippen LogP contribution in [0.4, 0.5) is 0 Å². The second kappa shape index (κ2) is 9.66. The number of benzene rings is 3. The number of rotatable bonds is 7. The fourth-order valence-corrected chi connectivity index (χ4v) is 6.09. The van der Waals surface area contributed by atoms with Gasteiger partial charge in [-0.05, 0) is 60.3 Å². The van der Waals surface area contributed by atoms with Crippen LogP contribution in [0, 0.1) is 0 Å². The van der Waals surface area contributed by atoms with Gasteiger partial charge < -0.3 is 4.74 Å². The van der Waals surface area contributed by atoms with Crippen molar-refractivity contribution in [3.63, 3.8) is 0 Å². The van der Waals surface area contributed by atoms with Crippen molar-refractivity contribution in [3.05, 3.63) is 90.0 Å². The van der Waals surface area contributed by atoms with Gasteiger partial charge in [0.2, 0.25) is 0 Å². The van der Waals surface area contributed by atoms with E-state index in [-0.39, 0.29) is 5.97 Å². The average Bonchev–Trinajstić information content (AvgIpc) is 2.76. The maximum Gasteiger partial charge on any atom is 0.338 e. The van der Waals surface area contributed by atoms with E-state index >= 15 is 0 Å². The first-order valence-corrected chi connectivity index (χ1v) is 11.2. The summed E-state index contributed by atoms with van der Waals surface area (Å²) in [6, 6.07) is 27.2. The SMILES string of the molecule is CCC(CC)c1ccc(C(=O)OC)c(P(c2ccccc2)c2ccccc2)c1. The number of esters is 1. The zero-order valence-corrected chi connectivity index (χ0v) is 17.7. The molecule has 0 N–H and O–H groups in total. The Labute approximate surface area is 169 Å². The summed E-state index contributed by atoms with van der Waals surface area (Å²) in [4.78, 5) is 12.6. The molecule has 0 bridgehead atoms. The minimum atomic E-state index is -0.857. The van der Waals surface area contributed by atoms with E-state index in [0.717, 1.165) is 18.1 Å². The monoisotopic (exact) mass is 390 g/mol. The lowest BCUT2D eigenvalue weighted by atomic mass is 9.93. The van der Waals surface area contributed by atoms with Crippen molar-refractivity contribution >= 4 is 29.8 Å². The third kappa shape index (κ3) is 4.34. The van der Waals surface area contributed by atoms with Gasteiger partial charge in [0, 0.05) is 0 Å². The van der Waals surface area contributed by atoms with Gasteiger partial charge in [-0.3, -0.25) is 0 Å². The van der Waals surface area contributed by atoms with E-state index in [2.05, 4.69) is 74.5 Å². The third-order valence-electron chi connectivity index (χ3n) is 5.15. The maximum atomic E-state index is 12.6. The van der Waals surface area contributed by atoms with Crippen LogP contribution in [-0.2, 0) is 4.74 Å². The van der Waals surface area contributed by atoms with Gasteiger partial charge in [-0.15, -0.1) is 0 Å². The van der Waals surface area contributed by atoms with Crippen molar-refractivity contribution in [2.24, 2.45) is 0 Å². The summed E-state index contributed by atoms with van der Waals surface area (Å²) >= 11 is 0. The summed E-state index contributed by atoms with van der Waals surface area (Å²) in [6.45, 7) is 4.44. The lowest BCUT2D eigenvalue weighted by Gasteiger charge is -2.24. The van der Waals surface area contributed by atoms with Crippen LogP contribution in [0.3, 0.4) is 0 Å². The number of ether oxygens (including phenoxy) is 1. The average molecular weight is 390 g/mol. The molecule has 0 saturated carbocycles. The molecule has 3 aromatic rings. The number of hydrogen-bond acceptors (Lipinski definition) is 2. The van der Waals surface area contributed by atoms with Crippen LogP contribution in [0.1, 0.15) is 48.5 Å². The Morgan fingerprint density at radius 1 is 0.857 bits per heavy atom. The smallest absolute Gasteiger partial charge is 0.338 e. The third-order valence-corrected chi connectivity index (χ3v) is 7.63. The molecule has 0 aliphatic rings. The van der Waals surface area contributed by atoms with E-state index < -0.39 is 7.92 Å². The molecule has 0 atom stereocenters. The fraction of sp³-hybridized carbons (Fsp3) is 0.240. The van der Waals surface area contributed by atoms with Gasteiger partial charge in [0.25, 0.3) is 0 Å². The van der Waals surface area contributed by atoms with Gasteiger partial charge in [0.1, 0.15) is 0 Å². The fourth-order valence-electron chi connectivity index (χ4n) is 3.61. The van der Waals surface area contributed by atoms with Crippen LogP contribution >= 0.6 is 7.92 Å². The molecule has 28 heavy (non-hydrogen) atoms. The molecule has 0 aromatic heterocycles. The Morgan fingerprint density at radius 3 is 1.86 bits per heavy atom. The summed E-state index contributed by atoms with van der Waals surface area (Å²) in [5.74, 6) is 0.222. The van der Waals surface area contributed by atoms with Gasteiger partial charge in [-0.25, -0.2) is 4.79 Å². The molecule has 3 aromatic carbocycles.